The minimum atomic E-state index is -0.319. The first-order valence-corrected chi connectivity index (χ1v) is 9.66. The summed E-state index contributed by atoms with van der Waals surface area (Å²) < 4.78 is 0. The number of para-hydroxylation sites is 1. The topological polar surface area (TPSA) is 71.1 Å². The number of amides is 2. The summed E-state index contributed by atoms with van der Waals surface area (Å²) in [4.78, 5) is 29.8. The zero-order valence-electron chi connectivity index (χ0n) is 14.5. The van der Waals surface area contributed by atoms with Crippen molar-refractivity contribution in [2.24, 2.45) is 0 Å². The molecular weight excluding hydrogens is 394 g/mol. The van der Waals surface area contributed by atoms with Gasteiger partial charge in [-0.2, -0.15) is 0 Å². The van der Waals surface area contributed by atoms with Gasteiger partial charge in [0.05, 0.1) is 33.0 Å². The Balaban J connectivity index is 1.54. The van der Waals surface area contributed by atoms with Gasteiger partial charge in [-0.3, -0.25) is 14.6 Å². The number of anilines is 2. The van der Waals surface area contributed by atoms with Crippen molar-refractivity contribution in [3.8, 4) is 0 Å². The molecule has 0 aliphatic rings. The number of hydrogen-bond acceptors (Lipinski definition) is 4. The van der Waals surface area contributed by atoms with E-state index in [1.807, 2.05) is 35.7 Å². The molecule has 2 aromatic heterocycles. The highest BCUT2D eigenvalue weighted by molar-refractivity contribution is 7.12. The summed E-state index contributed by atoms with van der Waals surface area (Å²) in [5.74, 6) is -0.589. The third-order valence-electron chi connectivity index (χ3n) is 4.07. The molecule has 0 saturated carbocycles. The summed E-state index contributed by atoms with van der Waals surface area (Å²) in [6, 6.07) is 17.8. The van der Waals surface area contributed by atoms with E-state index in [4.69, 9.17) is 11.6 Å². The summed E-state index contributed by atoms with van der Waals surface area (Å²) in [6.45, 7) is 0. The van der Waals surface area contributed by atoms with E-state index in [9.17, 15) is 9.59 Å². The Kier molecular flexibility index (Phi) is 5.06. The van der Waals surface area contributed by atoms with E-state index in [-0.39, 0.29) is 11.8 Å². The maximum atomic E-state index is 12.6. The van der Waals surface area contributed by atoms with Crippen molar-refractivity contribution in [2.45, 2.75) is 0 Å². The second-order valence-corrected chi connectivity index (χ2v) is 7.35. The largest absolute Gasteiger partial charge is 0.321 e. The van der Waals surface area contributed by atoms with Crippen LogP contribution in [0, 0.1) is 0 Å². The second-order valence-electron chi connectivity index (χ2n) is 6.00. The maximum Gasteiger partial charge on any atom is 0.265 e. The molecule has 28 heavy (non-hydrogen) atoms. The van der Waals surface area contributed by atoms with E-state index in [1.165, 1.54) is 11.3 Å². The fourth-order valence-corrected chi connectivity index (χ4v) is 3.48. The van der Waals surface area contributed by atoms with Crippen molar-refractivity contribution in [1.82, 2.24) is 4.98 Å². The normalized spacial score (nSPS) is 10.6. The molecule has 0 radical (unpaired) electrons. The SMILES string of the molecule is O=C(Nc1cnc2ccccc2c1)c1ccc(Cl)c(NC(=O)c2cccs2)c1. The summed E-state index contributed by atoms with van der Waals surface area (Å²) in [5, 5.41) is 8.67. The summed E-state index contributed by atoms with van der Waals surface area (Å²) in [6.07, 6.45) is 1.61. The van der Waals surface area contributed by atoms with Crippen LogP contribution in [0.3, 0.4) is 0 Å². The number of nitrogens with zero attached hydrogens (tertiary/aromatic N) is 1. The molecule has 0 unspecified atom stereocenters. The fraction of sp³-hybridized carbons (Fsp3) is 0. The Bertz CT molecular complexity index is 1180. The van der Waals surface area contributed by atoms with Gasteiger partial charge in [0.1, 0.15) is 0 Å². The predicted octanol–water partition coefficient (Wildman–Crippen LogP) is 5.45. The van der Waals surface area contributed by atoms with Crippen molar-refractivity contribution >= 4 is 57.0 Å². The van der Waals surface area contributed by atoms with Crippen LogP contribution < -0.4 is 10.6 Å². The van der Waals surface area contributed by atoms with Crippen molar-refractivity contribution in [3.63, 3.8) is 0 Å². The number of carbonyl (C=O) groups is 2. The molecule has 7 heteroatoms. The molecule has 2 aromatic carbocycles. The van der Waals surface area contributed by atoms with Gasteiger partial charge in [-0.15, -0.1) is 11.3 Å². The van der Waals surface area contributed by atoms with E-state index in [1.54, 1.807) is 36.5 Å². The Labute approximate surface area is 170 Å². The number of rotatable bonds is 4. The van der Waals surface area contributed by atoms with Crippen LogP contribution in [0.15, 0.2) is 72.2 Å². The van der Waals surface area contributed by atoms with Gasteiger partial charge in [-0.05, 0) is 41.8 Å². The van der Waals surface area contributed by atoms with Crippen LogP contribution >= 0.6 is 22.9 Å². The first-order chi connectivity index (χ1) is 13.6. The molecule has 0 aliphatic carbocycles. The van der Waals surface area contributed by atoms with Crippen molar-refractivity contribution in [3.05, 3.63) is 87.7 Å². The number of pyridine rings is 1. The number of fused-ring (bicyclic) bond motifs is 1. The van der Waals surface area contributed by atoms with Crippen molar-refractivity contribution in [1.29, 1.82) is 0 Å². The molecule has 2 amide bonds. The summed E-state index contributed by atoms with van der Waals surface area (Å²) in [7, 11) is 0. The van der Waals surface area contributed by atoms with Crippen LogP contribution in [-0.4, -0.2) is 16.8 Å². The fourth-order valence-electron chi connectivity index (χ4n) is 2.70. The third-order valence-corrected chi connectivity index (χ3v) is 5.27. The van der Waals surface area contributed by atoms with E-state index >= 15 is 0 Å². The Morgan fingerprint density at radius 3 is 2.61 bits per heavy atom. The molecule has 2 N–H and O–H groups in total. The van der Waals surface area contributed by atoms with Gasteiger partial charge in [0.15, 0.2) is 0 Å². The number of carbonyl (C=O) groups excluding carboxylic acids is 2. The highest BCUT2D eigenvalue weighted by Crippen LogP contribution is 2.25. The first-order valence-electron chi connectivity index (χ1n) is 8.41. The molecule has 2 heterocycles. The standard InChI is InChI=1S/C21H14ClN3O2S/c22-16-8-7-14(11-18(16)25-21(27)19-6-3-9-28-19)20(26)24-15-10-13-4-1-2-5-17(13)23-12-15/h1-12H,(H,24,26)(H,25,27). The Morgan fingerprint density at radius 1 is 0.929 bits per heavy atom. The molecule has 0 fully saturated rings. The maximum absolute atomic E-state index is 12.6. The zero-order chi connectivity index (χ0) is 19.5. The van der Waals surface area contributed by atoms with Crippen LogP contribution in [0.1, 0.15) is 20.0 Å². The highest BCUT2D eigenvalue weighted by atomic mass is 35.5. The lowest BCUT2D eigenvalue weighted by molar-refractivity contribution is 0.101. The Morgan fingerprint density at radius 2 is 1.79 bits per heavy atom. The quantitative estimate of drug-likeness (QED) is 0.472. The monoisotopic (exact) mass is 407 g/mol. The van der Waals surface area contributed by atoms with Crippen LogP contribution in [0.5, 0.6) is 0 Å². The smallest absolute Gasteiger partial charge is 0.265 e. The molecule has 4 aromatic rings. The van der Waals surface area contributed by atoms with E-state index in [2.05, 4.69) is 15.6 Å². The van der Waals surface area contributed by atoms with E-state index in [0.29, 0.717) is 26.8 Å². The lowest BCUT2D eigenvalue weighted by Crippen LogP contribution is -2.14. The van der Waals surface area contributed by atoms with Crippen LogP contribution in [0.4, 0.5) is 11.4 Å². The molecule has 0 aliphatic heterocycles. The van der Waals surface area contributed by atoms with Crippen LogP contribution in [0.2, 0.25) is 5.02 Å². The van der Waals surface area contributed by atoms with Gasteiger partial charge in [-0.25, -0.2) is 0 Å². The van der Waals surface area contributed by atoms with Crippen molar-refractivity contribution in [2.75, 3.05) is 10.6 Å². The average Bonchev–Trinajstić information content (AvgIpc) is 3.24. The van der Waals surface area contributed by atoms with Crippen LogP contribution in [0.25, 0.3) is 10.9 Å². The van der Waals surface area contributed by atoms with Gasteiger partial charge in [-0.1, -0.05) is 35.9 Å². The van der Waals surface area contributed by atoms with Gasteiger partial charge < -0.3 is 10.6 Å². The third kappa shape index (κ3) is 3.88. The van der Waals surface area contributed by atoms with Crippen molar-refractivity contribution < 1.29 is 9.59 Å². The number of benzene rings is 2. The predicted molar refractivity (Wildman–Crippen MR) is 113 cm³/mol. The van der Waals surface area contributed by atoms with E-state index < -0.39 is 0 Å². The molecule has 5 nitrogen and oxygen atoms in total. The molecular formula is C21H14ClN3O2S. The molecule has 0 spiro atoms. The molecule has 0 atom stereocenters. The second kappa shape index (κ2) is 7.80. The zero-order valence-corrected chi connectivity index (χ0v) is 16.1. The number of aromatic nitrogens is 1. The van der Waals surface area contributed by atoms with Gasteiger partial charge in [0.2, 0.25) is 0 Å². The number of thiophene rings is 1. The summed E-state index contributed by atoms with van der Waals surface area (Å²) >= 11 is 7.51. The van der Waals surface area contributed by atoms with Gasteiger partial charge in [0.25, 0.3) is 11.8 Å². The number of nitrogens with one attached hydrogen (secondary N) is 2. The van der Waals surface area contributed by atoms with Gasteiger partial charge in [0, 0.05) is 10.9 Å². The number of halogens is 1. The molecule has 0 bridgehead atoms. The molecule has 138 valence electrons. The molecule has 0 saturated heterocycles. The van der Waals surface area contributed by atoms with Crippen LogP contribution in [-0.2, 0) is 0 Å². The average molecular weight is 408 g/mol. The first kappa shape index (κ1) is 18.2. The number of hydrogen-bond donors (Lipinski definition) is 2. The minimum Gasteiger partial charge on any atom is -0.321 e. The minimum absolute atomic E-state index is 0.270. The Hall–Kier alpha value is -3.22. The lowest BCUT2D eigenvalue weighted by Gasteiger charge is -2.10. The highest BCUT2D eigenvalue weighted by Gasteiger charge is 2.13. The van der Waals surface area contributed by atoms with Gasteiger partial charge >= 0.3 is 0 Å². The molecule has 4 rings (SSSR count). The van der Waals surface area contributed by atoms with E-state index in [0.717, 1.165) is 10.9 Å². The lowest BCUT2D eigenvalue weighted by atomic mass is 10.1. The summed E-state index contributed by atoms with van der Waals surface area (Å²) in [5.41, 5.74) is 2.19.